The van der Waals surface area contributed by atoms with E-state index < -0.39 is 0 Å². The van der Waals surface area contributed by atoms with Gasteiger partial charge in [-0.1, -0.05) is 0 Å². The summed E-state index contributed by atoms with van der Waals surface area (Å²) in [6.45, 7) is 6.11. The zero-order valence-electron chi connectivity index (χ0n) is 12.1. The summed E-state index contributed by atoms with van der Waals surface area (Å²) in [5.41, 5.74) is 8.29. The van der Waals surface area contributed by atoms with Crippen molar-refractivity contribution < 1.29 is 4.79 Å². The Bertz CT molecular complexity index is 488. The van der Waals surface area contributed by atoms with Crippen molar-refractivity contribution in [3.8, 4) is 0 Å². The minimum absolute atomic E-state index is 0.127. The summed E-state index contributed by atoms with van der Waals surface area (Å²) in [4.78, 5) is 17.1. The molecule has 0 saturated carbocycles. The molecule has 0 aliphatic carbocycles. The molecule has 0 spiro atoms. The highest BCUT2D eigenvalue weighted by Crippen LogP contribution is 2.22. The lowest BCUT2D eigenvalue weighted by Gasteiger charge is -2.23. The molecule has 20 heavy (non-hydrogen) atoms. The SMILES string of the molecule is Cc1cc(N)cc(C(=O)N2CCC(N3CCCC3)C2)c1. The molecular weight excluding hydrogens is 250 g/mol. The van der Waals surface area contributed by atoms with Crippen LogP contribution in [0.4, 0.5) is 5.69 Å². The normalized spacial score (nSPS) is 23.4. The zero-order valence-corrected chi connectivity index (χ0v) is 12.1. The van der Waals surface area contributed by atoms with Crippen molar-refractivity contribution >= 4 is 11.6 Å². The van der Waals surface area contributed by atoms with Gasteiger partial charge in [0.05, 0.1) is 0 Å². The fourth-order valence-electron chi connectivity index (χ4n) is 3.45. The van der Waals surface area contributed by atoms with Gasteiger partial charge in [0.15, 0.2) is 0 Å². The molecule has 0 bridgehead atoms. The Hall–Kier alpha value is -1.55. The van der Waals surface area contributed by atoms with E-state index in [-0.39, 0.29) is 5.91 Å². The van der Waals surface area contributed by atoms with Crippen molar-refractivity contribution in [2.45, 2.75) is 32.2 Å². The number of nitrogens with two attached hydrogens (primary N) is 1. The third-order valence-corrected chi connectivity index (χ3v) is 4.45. The number of anilines is 1. The number of carbonyl (C=O) groups is 1. The van der Waals surface area contributed by atoms with E-state index in [1.165, 1.54) is 25.9 Å². The molecule has 1 unspecified atom stereocenters. The summed E-state index contributed by atoms with van der Waals surface area (Å²) in [6, 6.07) is 6.18. The zero-order chi connectivity index (χ0) is 14.1. The molecule has 1 atom stereocenters. The van der Waals surface area contributed by atoms with Crippen molar-refractivity contribution in [2.75, 3.05) is 31.9 Å². The van der Waals surface area contributed by atoms with Crippen LogP contribution in [-0.4, -0.2) is 47.9 Å². The number of rotatable bonds is 2. The highest BCUT2D eigenvalue weighted by molar-refractivity contribution is 5.95. The molecule has 2 aliphatic rings. The minimum atomic E-state index is 0.127. The van der Waals surface area contributed by atoms with E-state index in [1.54, 1.807) is 6.07 Å². The van der Waals surface area contributed by atoms with E-state index in [0.717, 1.165) is 30.6 Å². The molecule has 2 aliphatic heterocycles. The molecule has 1 aromatic carbocycles. The summed E-state index contributed by atoms with van der Waals surface area (Å²) in [5.74, 6) is 0.127. The first-order valence-corrected chi connectivity index (χ1v) is 7.54. The first-order chi connectivity index (χ1) is 9.63. The first-order valence-electron chi connectivity index (χ1n) is 7.54. The molecular formula is C16H23N3O. The number of aryl methyl sites for hydroxylation is 1. The van der Waals surface area contributed by atoms with E-state index in [0.29, 0.717) is 11.7 Å². The summed E-state index contributed by atoms with van der Waals surface area (Å²) in [7, 11) is 0. The number of nitrogen functional groups attached to an aromatic ring is 1. The van der Waals surface area contributed by atoms with Crippen molar-refractivity contribution in [3.63, 3.8) is 0 Å². The van der Waals surface area contributed by atoms with Gasteiger partial charge in [-0.3, -0.25) is 9.69 Å². The highest BCUT2D eigenvalue weighted by atomic mass is 16.2. The molecule has 2 N–H and O–H groups in total. The Morgan fingerprint density at radius 2 is 1.95 bits per heavy atom. The molecule has 0 aromatic heterocycles. The molecule has 1 aromatic rings. The second-order valence-electron chi connectivity index (χ2n) is 6.07. The van der Waals surface area contributed by atoms with Crippen molar-refractivity contribution in [1.29, 1.82) is 0 Å². The van der Waals surface area contributed by atoms with Gasteiger partial charge < -0.3 is 10.6 Å². The number of hydrogen-bond acceptors (Lipinski definition) is 3. The number of benzene rings is 1. The monoisotopic (exact) mass is 273 g/mol. The van der Waals surface area contributed by atoms with Crippen LogP contribution in [0.15, 0.2) is 18.2 Å². The van der Waals surface area contributed by atoms with Crippen LogP contribution in [-0.2, 0) is 0 Å². The Kier molecular flexibility index (Phi) is 3.66. The third kappa shape index (κ3) is 2.66. The van der Waals surface area contributed by atoms with Crippen LogP contribution in [0.2, 0.25) is 0 Å². The van der Waals surface area contributed by atoms with Crippen LogP contribution >= 0.6 is 0 Å². The Labute approximate surface area is 120 Å². The molecule has 2 saturated heterocycles. The van der Waals surface area contributed by atoms with E-state index >= 15 is 0 Å². The second kappa shape index (κ2) is 5.44. The smallest absolute Gasteiger partial charge is 0.253 e. The predicted molar refractivity (Wildman–Crippen MR) is 80.7 cm³/mol. The maximum Gasteiger partial charge on any atom is 0.253 e. The topological polar surface area (TPSA) is 49.6 Å². The molecule has 1 amide bonds. The van der Waals surface area contributed by atoms with Crippen molar-refractivity contribution in [1.82, 2.24) is 9.80 Å². The Balaban J connectivity index is 1.68. The maximum atomic E-state index is 12.6. The molecule has 108 valence electrons. The van der Waals surface area contributed by atoms with Gasteiger partial charge >= 0.3 is 0 Å². The predicted octanol–water partition coefficient (Wildman–Crippen LogP) is 1.89. The quantitative estimate of drug-likeness (QED) is 0.837. The van der Waals surface area contributed by atoms with Gasteiger partial charge in [-0.05, 0) is 63.0 Å². The van der Waals surface area contributed by atoms with E-state index in [9.17, 15) is 4.79 Å². The molecule has 2 fully saturated rings. The molecule has 3 rings (SSSR count). The van der Waals surface area contributed by atoms with Crippen LogP contribution < -0.4 is 5.73 Å². The molecule has 2 heterocycles. The Morgan fingerprint density at radius 3 is 2.65 bits per heavy atom. The van der Waals surface area contributed by atoms with E-state index in [1.807, 2.05) is 24.0 Å². The van der Waals surface area contributed by atoms with Crippen LogP contribution in [0.1, 0.15) is 35.2 Å². The van der Waals surface area contributed by atoms with Crippen LogP contribution in [0.25, 0.3) is 0 Å². The Morgan fingerprint density at radius 1 is 1.20 bits per heavy atom. The summed E-state index contributed by atoms with van der Waals surface area (Å²) in [6.07, 6.45) is 3.71. The van der Waals surface area contributed by atoms with Gasteiger partial charge in [-0.2, -0.15) is 0 Å². The summed E-state index contributed by atoms with van der Waals surface area (Å²) < 4.78 is 0. The molecule has 4 nitrogen and oxygen atoms in total. The first kappa shape index (κ1) is 13.4. The molecule has 0 radical (unpaired) electrons. The number of nitrogens with zero attached hydrogens (tertiary/aromatic N) is 2. The van der Waals surface area contributed by atoms with E-state index in [2.05, 4.69) is 4.90 Å². The lowest BCUT2D eigenvalue weighted by atomic mass is 10.1. The number of hydrogen-bond donors (Lipinski definition) is 1. The average Bonchev–Trinajstić information content (AvgIpc) is 3.07. The fourth-order valence-corrected chi connectivity index (χ4v) is 3.45. The van der Waals surface area contributed by atoms with Crippen LogP contribution in [0, 0.1) is 6.92 Å². The van der Waals surface area contributed by atoms with Gasteiger partial charge in [0.1, 0.15) is 0 Å². The lowest BCUT2D eigenvalue weighted by molar-refractivity contribution is 0.0780. The number of carbonyl (C=O) groups excluding carboxylic acids is 1. The van der Waals surface area contributed by atoms with Crippen LogP contribution in [0.5, 0.6) is 0 Å². The number of amides is 1. The third-order valence-electron chi connectivity index (χ3n) is 4.45. The van der Waals surface area contributed by atoms with Gasteiger partial charge in [-0.25, -0.2) is 0 Å². The maximum absolute atomic E-state index is 12.6. The second-order valence-corrected chi connectivity index (χ2v) is 6.07. The largest absolute Gasteiger partial charge is 0.399 e. The molecule has 4 heteroatoms. The summed E-state index contributed by atoms with van der Waals surface area (Å²) >= 11 is 0. The van der Waals surface area contributed by atoms with Gasteiger partial charge in [-0.15, -0.1) is 0 Å². The van der Waals surface area contributed by atoms with Gasteiger partial charge in [0.2, 0.25) is 0 Å². The standard InChI is InChI=1S/C16H23N3O/c1-12-8-13(10-14(17)9-12)16(20)19-7-4-15(11-19)18-5-2-3-6-18/h8-10,15H,2-7,11,17H2,1H3. The summed E-state index contributed by atoms with van der Waals surface area (Å²) in [5, 5.41) is 0. The highest BCUT2D eigenvalue weighted by Gasteiger charge is 2.31. The van der Waals surface area contributed by atoms with Gasteiger partial charge in [0, 0.05) is 30.4 Å². The fraction of sp³-hybridized carbons (Fsp3) is 0.562. The lowest BCUT2D eigenvalue weighted by Crippen LogP contribution is -2.37. The van der Waals surface area contributed by atoms with Gasteiger partial charge in [0.25, 0.3) is 5.91 Å². The minimum Gasteiger partial charge on any atom is -0.399 e. The van der Waals surface area contributed by atoms with Crippen LogP contribution in [0.3, 0.4) is 0 Å². The van der Waals surface area contributed by atoms with Crippen molar-refractivity contribution in [3.05, 3.63) is 29.3 Å². The van der Waals surface area contributed by atoms with Crippen molar-refractivity contribution in [2.24, 2.45) is 0 Å². The van der Waals surface area contributed by atoms with E-state index in [4.69, 9.17) is 5.73 Å². The number of likely N-dealkylation sites (tertiary alicyclic amines) is 2. The average molecular weight is 273 g/mol.